The third-order valence-electron chi connectivity index (χ3n) is 7.67. The number of allylic oxidation sites excluding steroid dienone is 2. The van der Waals surface area contributed by atoms with Crippen molar-refractivity contribution in [2.75, 3.05) is 19.7 Å². The van der Waals surface area contributed by atoms with Crippen LogP contribution in [-0.2, 0) is 4.79 Å². The summed E-state index contributed by atoms with van der Waals surface area (Å²) in [6.45, 7) is 4.58. The highest BCUT2D eigenvalue weighted by Gasteiger charge is 2.43. The molecular weight excluding hydrogens is 577 g/mol. The molecule has 3 aliphatic rings. The fourth-order valence-electron chi connectivity index (χ4n) is 5.42. The van der Waals surface area contributed by atoms with Crippen molar-refractivity contribution in [1.29, 1.82) is 0 Å². The molecule has 0 aromatic heterocycles. The first-order valence-corrected chi connectivity index (χ1v) is 14.9. The van der Waals surface area contributed by atoms with E-state index in [2.05, 4.69) is 22.8 Å². The standard InChI is InChI=1S/C32H35Cl2N3O5/c1-19(2)31(39)35-18-23(38)14-16-41-24-8-3-20(4-9-24)30-29-26(27-17-22(34)7-12-28(27)36-29)13-15-37(30)32(40)42-25-10-5-21(33)6-11-25/h3-12,17,19,23,27-28,30,36,38H,13-16,18H2,1-2H3,(H,35,39)/t23?,27?,28?,30-/m0/s1. The SMILES string of the molecule is CC(C)C(=O)NCC(O)CCOc1ccc([C@H]2C3=C(CCN2C(=O)Oc2ccc(Cl)cc2)C2C=C(Cl)C=CC2N3)cc1. The van der Waals surface area contributed by atoms with Gasteiger partial charge in [-0.25, -0.2) is 4.79 Å². The van der Waals surface area contributed by atoms with Gasteiger partial charge in [-0.05, 0) is 60.0 Å². The third kappa shape index (κ3) is 6.94. The predicted molar refractivity (Wildman–Crippen MR) is 162 cm³/mol. The molecular formula is C32H35Cl2N3O5. The minimum Gasteiger partial charge on any atom is -0.493 e. The van der Waals surface area contributed by atoms with E-state index in [-0.39, 0.29) is 36.4 Å². The van der Waals surface area contributed by atoms with Gasteiger partial charge >= 0.3 is 6.09 Å². The van der Waals surface area contributed by atoms with Crippen LogP contribution in [0.1, 0.15) is 38.3 Å². The van der Waals surface area contributed by atoms with Crippen LogP contribution in [0.3, 0.4) is 0 Å². The molecule has 0 radical (unpaired) electrons. The molecule has 0 saturated carbocycles. The van der Waals surface area contributed by atoms with Gasteiger partial charge in [0, 0.05) is 47.1 Å². The van der Waals surface area contributed by atoms with Crippen LogP contribution in [0.4, 0.5) is 4.79 Å². The molecule has 2 heterocycles. The van der Waals surface area contributed by atoms with E-state index in [9.17, 15) is 14.7 Å². The first-order valence-electron chi connectivity index (χ1n) is 14.2. The number of aliphatic hydroxyl groups is 1. The summed E-state index contributed by atoms with van der Waals surface area (Å²) in [6.07, 6.45) is 5.96. The normalized spacial score (nSPS) is 21.7. The minimum atomic E-state index is -0.701. The summed E-state index contributed by atoms with van der Waals surface area (Å²) >= 11 is 12.4. The second kappa shape index (κ2) is 13.2. The van der Waals surface area contributed by atoms with Crippen LogP contribution in [0.25, 0.3) is 0 Å². The van der Waals surface area contributed by atoms with E-state index in [1.807, 2.05) is 30.3 Å². The molecule has 2 aromatic rings. The van der Waals surface area contributed by atoms with E-state index < -0.39 is 12.2 Å². The number of rotatable bonds is 9. The molecule has 2 aromatic carbocycles. The first-order chi connectivity index (χ1) is 20.2. The monoisotopic (exact) mass is 611 g/mol. The minimum absolute atomic E-state index is 0.0755. The Morgan fingerprint density at radius 3 is 2.52 bits per heavy atom. The van der Waals surface area contributed by atoms with E-state index in [1.165, 1.54) is 5.57 Å². The topological polar surface area (TPSA) is 100 Å². The predicted octanol–water partition coefficient (Wildman–Crippen LogP) is 5.72. The van der Waals surface area contributed by atoms with Gasteiger partial charge < -0.3 is 25.2 Å². The molecule has 0 fully saturated rings. The van der Waals surface area contributed by atoms with Crippen molar-refractivity contribution in [2.45, 2.75) is 44.9 Å². The number of nitrogens with one attached hydrogen (secondary N) is 2. The van der Waals surface area contributed by atoms with Crippen LogP contribution in [-0.4, -0.2) is 53.8 Å². The molecule has 0 saturated heterocycles. The van der Waals surface area contributed by atoms with Gasteiger partial charge in [-0.2, -0.15) is 0 Å². The molecule has 4 atom stereocenters. The van der Waals surface area contributed by atoms with Crippen molar-refractivity contribution < 1.29 is 24.2 Å². The van der Waals surface area contributed by atoms with Gasteiger partial charge in [0.25, 0.3) is 0 Å². The van der Waals surface area contributed by atoms with E-state index in [0.717, 1.165) is 11.3 Å². The Labute approximate surface area is 256 Å². The van der Waals surface area contributed by atoms with Gasteiger partial charge in [0.1, 0.15) is 17.5 Å². The summed E-state index contributed by atoms with van der Waals surface area (Å²) in [5, 5.41) is 17.8. The summed E-state index contributed by atoms with van der Waals surface area (Å²) in [4.78, 5) is 27.0. The molecule has 10 heteroatoms. The van der Waals surface area contributed by atoms with Crippen molar-refractivity contribution >= 4 is 35.2 Å². The maximum atomic E-state index is 13.5. The molecule has 2 aliphatic heterocycles. The van der Waals surface area contributed by atoms with E-state index in [1.54, 1.807) is 43.0 Å². The molecule has 1 aliphatic carbocycles. The second-order valence-electron chi connectivity index (χ2n) is 11.0. The Hall–Kier alpha value is -3.46. The fourth-order valence-corrected chi connectivity index (χ4v) is 5.76. The fraction of sp³-hybridized carbons (Fsp3) is 0.375. The highest BCUT2D eigenvalue weighted by molar-refractivity contribution is 6.31. The number of fused-ring (bicyclic) bond motifs is 2. The Balaban J connectivity index is 1.30. The average molecular weight is 613 g/mol. The number of carbonyl (C=O) groups is 2. The molecule has 5 rings (SSSR count). The number of nitrogens with zero attached hydrogens (tertiary/aromatic N) is 1. The molecule has 42 heavy (non-hydrogen) atoms. The summed E-state index contributed by atoms with van der Waals surface area (Å²) < 4.78 is 11.6. The van der Waals surface area contributed by atoms with Gasteiger partial charge in [-0.15, -0.1) is 0 Å². The van der Waals surface area contributed by atoms with E-state index in [4.69, 9.17) is 32.7 Å². The highest BCUT2D eigenvalue weighted by Crippen LogP contribution is 2.45. The van der Waals surface area contributed by atoms with Gasteiger partial charge in [-0.1, -0.05) is 61.3 Å². The van der Waals surface area contributed by atoms with Gasteiger partial charge in [0.05, 0.1) is 18.8 Å². The zero-order chi connectivity index (χ0) is 29.8. The van der Waals surface area contributed by atoms with Crippen LogP contribution >= 0.6 is 23.2 Å². The van der Waals surface area contributed by atoms with Gasteiger partial charge in [0.2, 0.25) is 5.91 Å². The molecule has 0 spiro atoms. The molecule has 2 amide bonds. The van der Waals surface area contributed by atoms with E-state index >= 15 is 0 Å². The lowest BCUT2D eigenvalue weighted by molar-refractivity contribution is -0.124. The zero-order valence-corrected chi connectivity index (χ0v) is 25.1. The number of benzene rings is 2. The number of hydrogen-bond acceptors (Lipinski definition) is 6. The van der Waals surface area contributed by atoms with Gasteiger partial charge in [0.15, 0.2) is 0 Å². The Bertz CT molecular complexity index is 1390. The molecule has 222 valence electrons. The van der Waals surface area contributed by atoms with Crippen LogP contribution < -0.4 is 20.1 Å². The Morgan fingerprint density at radius 2 is 1.81 bits per heavy atom. The lowest BCUT2D eigenvalue weighted by Gasteiger charge is -2.37. The lowest BCUT2D eigenvalue weighted by atomic mass is 9.85. The molecule has 3 N–H and O–H groups in total. The summed E-state index contributed by atoms with van der Waals surface area (Å²) in [5.41, 5.74) is 3.13. The molecule has 0 bridgehead atoms. The summed E-state index contributed by atoms with van der Waals surface area (Å²) in [5.74, 6) is 0.969. The lowest BCUT2D eigenvalue weighted by Crippen LogP contribution is -2.43. The highest BCUT2D eigenvalue weighted by atomic mass is 35.5. The smallest absolute Gasteiger partial charge is 0.416 e. The number of halogens is 2. The second-order valence-corrected chi connectivity index (χ2v) is 11.8. The molecule has 3 unspecified atom stereocenters. The van der Waals surface area contributed by atoms with Gasteiger partial charge in [-0.3, -0.25) is 9.69 Å². The number of aliphatic hydroxyl groups excluding tert-OH is 1. The largest absolute Gasteiger partial charge is 0.493 e. The van der Waals surface area contributed by atoms with Crippen molar-refractivity contribution in [3.8, 4) is 11.5 Å². The summed E-state index contributed by atoms with van der Waals surface area (Å²) in [6, 6.07) is 14.0. The van der Waals surface area contributed by atoms with Crippen molar-refractivity contribution in [1.82, 2.24) is 15.5 Å². The van der Waals surface area contributed by atoms with Crippen molar-refractivity contribution in [3.63, 3.8) is 0 Å². The number of carbonyl (C=O) groups excluding carboxylic acids is 2. The summed E-state index contributed by atoms with van der Waals surface area (Å²) in [7, 11) is 0. The van der Waals surface area contributed by atoms with Crippen LogP contribution in [0.15, 0.2) is 83.1 Å². The van der Waals surface area contributed by atoms with Crippen molar-refractivity contribution in [3.05, 3.63) is 93.6 Å². The zero-order valence-electron chi connectivity index (χ0n) is 23.6. The first kappa shape index (κ1) is 30.0. The van der Waals surface area contributed by atoms with E-state index in [0.29, 0.717) is 47.5 Å². The molecule has 8 nitrogen and oxygen atoms in total. The van der Waals surface area contributed by atoms with Crippen LogP contribution in [0.5, 0.6) is 11.5 Å². The quantitative estimate of drug-likeness (QED) is 0.335. The maximum absolute atomic E-state index is 13.5. The third-order valence-corrected chi connectivity index (χ3v) is 8.18. The number of hydrogen-bond donors (Lipinski definition) is 3. The number of ether oxygens (including phenoxy) is 2. The number of amides is 2. The Kier molecular flexibility index (Phi) is 9.46. The van der Waals surface area contributed by atoms with Crippen LogP contribution in [0.2, 0.25) is 5.02 Å². The maximum Gasteiger partial charge on any atom is 0.416 e. The Morgan fingerprint density at radius 1 is 1.10 bits per heavy atom. The average Bonchev–Trinajstić information content (AvgIpc) is 3.34. The van der Waals surface area contributed by atoms with Crippen molar-refractivity contribution in [2.24, 2.45) is 11.8 Å². The van der Waals surface area contributed by atoms with Crippen LogP contribution in [0, 0.1) is 11.8 Å².